The van der Waals surface area contributed by atoms with Crippen molar-refractivity contribution < 1.29 is 9.59 Å². The third-order valence-corrected chi connectivity index (χ3v) is 7.25. The van der Waals surface area contributed by atoms with E-state index in [0.717, 1.165) is 23.1 Å². The smallest absolute Gasteiger partial charge is 0.235 e. The summed E-state index contributed by atoms with van der Waals surface area (Å²) in [7, 11) is 1.90. The molecular weight excluding hydrogens is 362 g/mol. The zero-order valence-electron chi connectivity index (χ0n) is 16.7. The van der Waals surface area contributed by atoms with Crippen LogP contribution in [0.1, 0.15) is 82.3 Å². The monoisotopic (exact) mass is 397 g/mol. The molecule has 3 fully saturated rings. The van der Waals surface area contributed by atoms with Crippen molar-refractivity contribution in [3.63, 3.8) is 0 Å². The third-order valence-electron chi connectivity index (χ3n) is 7.25. The average molecular weight is 398 g/mol. The van der Waals surface area contributed by atoms with E-state index < -0.39 is 5.92 Å². The maximum absolute atomic E-state index is 12.2. The fraction of sp³-hybridized carbons (Fsp3) is 0.625. The fourth-order valence-corrected chi connectivity index (χ4v) is 5.38. The average Bonchev–Trinajstić information content (AvgIpc) is 2.66. The van der Waals surface area contributed by atoms with E-state index in [4.69, 9.17) is 5.41 Å². The van der Waals surface area contributed by atoms with Gasteiger partial charge < -0.3 is 10.7 Å². The van der Waals surface area contributed by atoms with E-state index >= 15 is 0 Å². The van der Waals surface area contributed by atoms with Crippen LogP contribution in [0, 0.1) is 23.2 Å². The molecule has 1 atom stereocenters. The van der Waals surface area contributed by atoms with Crippen molar-refractivity contribution in [3.05, 3.63) is 29.3 Å². The lowest BCUT2D eigenvalue weighted by molar-refractivity contribution is -0.134. The van der Waals surface area contributed by atoms with E-state index in [1.807, 2.05) is 19.2 Å². The molecule has 5 heteroatoms. The first kappa shape index (κ1) is 21.5. The summed E-state index contributed by atoms with van der Waals surface area (Å²) in [5.74, 6) is 1.28. The second kappa shape index (κ2) is 9.10. The van der Waals surface area contributed by atoms with Crippen molar-refractivity contribution in [1.29, 1.82) is 5.41 Å². The second-order valence-corrected chi connectivity index (χ2v) is 8.74. The first-order valence-corrected chi connectivity index (χ1v) is 10.8. The van der Waals surface area contributed by atoms with Gasteiger partial charge in [-0.3, -0.25) is 14.9 Å². The number of para-hydroxylation sites is 1. The number of amides is 2. The van der Waals surface area contributed by atoms with Crippen LogP contribution in [0.2, 0.25) is 0 Å². The topological polar surface area (TPSA) is 82.1 Å². The summed E-state index contributed by atoms with van der Waals surface area (Å²) in [6, 6.07) is 6.13. The molecule has 0 spiro atoms. The summed E-state index contributed by atoms with van der Waals surface area (Å²) in [5, 5.41) is 14.4. The molecule has 2 amide bonds. The highest BCUT2D eigenvalue weighted by Crippen LogP contribution is 2.46. The van der Waals surface area contributed by atoms with Gasteiger partial charge in [0.1, 0.15) is 0 Å². The van der Waals surface area contributed by atoms with Gasteiger partial charge in [-0.15, -0.1) is 0 Å². The summed E-state index contributed by atoms with van der Waals surface area (Å²) in [6.45, 7) is 0. The number of anilines is 1. The van der Waals surface area contributed by atoms with Crippen LogP contribution in [0.5, 0.6) is 0 Å². The molecule has 1 heterocycles. The summed E-state index contributed by atoms with van der Waals surface area (Å²) < 4.78 is 0. The number of carbonyl (C=O) groups excluding carboxylic acids is 2. The van der Waals surface area contributed by atoms with E-state index in [2.05, 4.69) is 16.7 Å². The molecule has 0 bridgehead atoms. The molecule has 1 aliphatic heterocycles. The van der Waals surface area contributed by atoms with Gasteiger partial charge in [0.15, 0.2) is 0 Å². The van der Waals surface area contributed by atoms with E-state index in [1.54, 1.807) is 0 Å². The van der Waals surface area contributed by atoms with E-state index in [9.17, 15) is 9.59 Å². The molecule has 4 rings (SSSR count). The summed E-state index contributed by atoms with van der Waals surface area (Å²) in [5.41, 5.74) is 3.39. The Bertz CT molecular complexity index is 776. The summed E-state index contributed by atoms with van der Waals surface area (Å²) in [6.07, 6.45) is 10.0. The largest absolute Gasteiger partial charge is 0.387 e. The molecule has 1 unspecified atom stereocenters. The molecule has 3 N–H and O–H groups in total. The van der Waals surface area contributed by atoms with Crippen molar-refractivity contribution in [2.24, 2.45) is 17.8 Å². The van der Waals surface area contributed by atoms with Gasteiger partial charge in [0.2, 0.25) is 11.8 Å². The molecule has 2 saturated carbocycles. The minimum Gasteiger partial charge on any atom is -0.387 e. The third kappa shape index (κ3) is 4.24. The van der Waals surface area contributed by atoms with Crippen LogP contribution < -0.4 is 10.6 Å². The predicted molar refractivity (Wildman–Crippen MR) is 117 cm³/mol. The predicted octanol–water partition coefficient (Wildman–Crippen LogP) is 4.86. The first-order chi connectivity index (χ1) is 13.6. The zero-order chi connectivity index (χ0) is 19.7. The number of carbonyl (C=O) groups is 2. The van der Waals surface area contributed by atoms with Crippen molar-refractivity contribution in [1.82, 2.24) is 5.32 Å². The number of rotatable bonds is 5. The number of nitrogens with one attached hydrogen (secondary N) is 3. The van der Waals surface area contributed by atoms with Gasteiger partial charge in [-0.25, -0.2) is 0 Å². The Morgan fingerprint density at radius 2 is 1.72 bits per heavy atom. The van der Waals surface area contributed by atoms with E-state index in [1.165, 1.54) is 50.5 Å². The minimum absolute atomic E-state index is 0. The highest BCUT2D eigenvalue weighted by molar-refractivity contribution is 6.17. The number of piperidine rings is 1. The molecule has 0 aromatic heterocycles. The Balaban J connectivity index is 0.00000240. The van der Waals surface area contributed by atoms with Crippen LogP contribution in [0.3, 0.4) is 0 Å². The Kier molecular flexibility index (Phi) is 6.76. The van der Waals surface area contributed by atoms with E-state index in [-0.39, 0.29) is 19.2 Å². The Labute approximate surface area is 174 Å². The van der Waals surface area contributed by atoms with Crippen molar-refractivity contribution in [2.45, 2.75) is 71.1 Å². The lowest BCUT2D eigenvalue weighted by atomic mass is 9.67. The fourth-order valence-electron chi connectivity index (χ4n) is 5.38. The lowest BCUT2D eigenvalue weighted by Crippen LogP contribution is -2.44. The standard InChI is InChI=1S/C23H31N3O2.CH4/c1-25-22-17(16-10-8-15(9-11-16)14-4-2-5-14)6-3-7-18(22)21(24)19-12-13-20(27)26-23(19)28;/h3,6-7,14-16,19,24-25H,2,4-5,8-13H2,1H3,(H,26,27,28);1H4. The quantitative estimate of drug-likeness (QED) is 0.490. The number of benzene rings is 1. The molecular formula is C24H35N3O2. The van der Waals surface area contributed by atoms with Crippen LogP contribution >= 0.6 is 0 Å². The molecule has 3 aliphatic rings. The Hall–Kier alpha value is -2.17. The minimum atomic E-state index is -0.547. The lowest BCUT2D eigenvalue weighted by Gasteiger charge is -2.39. The highest BCUT2D eigenvalue weighted by Gasteiger charge is 2.34. The molecule has 1 aromatic rings. The van der Waals surface area contributed by atoms with Gasteiger partial charge in [0.05, 0.1) is 11.6 Å². The normalized spacial score (nSPS) is 27.4. The SMILES string of the molecule is C.CNc1c(C(=N)C2CCC(=O)NC2=O)cccc1C1CCC(C2CCC2)CC1. The molecule has 158 valence electrons. The van der Waals surface area contributed by atoms with Gasteiger partial charge in [-0.1, -0.05) is 44.9 Å². The number of hydrogen-bond acceptors (Lipinski definition) is 4. The Morgan fingerprint density at radius 3 is 2.31 bits per heavy atom. The van der Waals surface area contributed by atoms with Gasteiger partial charge >= 0.3 is 0 Å². The van der Waals surface area contributed by atoms with Gasteiger partial charge in [0, 0.05) is 24.7 Å². The van der Waals surface area contributed by atoms with Crippen molar-refractivity contribution >= 4 is 23.2 Å². The number of hydrogen-bond donors (Lipinski definition) is 3. The molecule has 1 saturated heterocycles. The molecule has 29 heavy (non-hydrogen) atoms. The van der Waals surface area contributed by atoms with Gasteiger partial charge in [-0.05, 0) is 55.4 Å². The molecule has 1 aromatic carbocycles. The summed E-state index contributed by atoms with van der Waals surface area (Å²) >= 11 is 0. The van der Waals surface area contributed by atoms with Crippen LogP contribution in [-0.2, 0) is 9.59 Å². The van der Waals surface area contributed by atoms with Crippen molar-refractivity contribution in [3.8, 4) is 0 Å². The van der Waals surface area contributed by atoms with Gasteiger partial charge in [-0.2, -0.15) is 0 Å². The van der Waals surface area contributed by atoms with Crippen LogP contribution in [0.25, 0.3) is 0 Å². The maximum atomic E-state index is 12.2. The first-order valence-electron chi connectivity index (χ1n) is 10.8. The van der Waals surface area contributed by atoms with Crippen molar-refractivity contribution in [2.75, 3.05) is 12.4 Å². The van der Waals surface area contributed by atoms with Crippen LogP contribution in [-0.4, -0.2) is 24.6 Å². The maximum Gasteiger partial charge on any atom is 0.235 e. The van der Waals surface area contributed by atoms with Crippen LogP contribution in [0.15, 0.2) is 18.2 Å². The summed E-state index contributed by atoms with van der Waals surface area (Å²) in [4.78, 5) is 23.7. The Morgan fingerprint density at radius 1 is 1.03 bits per heavy atom. The molecule has 5 nitrogen and oxygen atoms in total. The van der Waals surface area contributed by atoms with Crippen LogP contribution in [0.4, 0.5) is 5.69 Å². The highest BCUT2D eigenvalue weighted by atomic mass is 16.2. The van der Waals surface area contributed by atoms with E-state index in [0.29, 0.717) is 24.5 Å². The second-order valence-electron chi connectivity index (χ2n) is 8.74. The zero-order valence-corrected chi connectivity index (χ0v) is 16.7. The van der Waals surface area contributed by atoms with Gasteiger partial charge in [0.25, 0.3) is 0 Å². The molecule has 0 radical (unpaired) electrons. The number of imide groups is 1. The molecule has 2 aliphatic carbocycles.